The Balaban J connectivity index is 2.57. The molecule has 0 aliphatic heterocycles. The van der Waals surface area contributed by atoms with Crippen molar-refractivity contribution in [2.24, 2.45) is 5.73 Å². The molecule has 3 N–H and O–H groups in total. The van der Waals surface area contributed by atoms with E-state index >= 15 is 0 Å². The predicted octanol–water partition coefficient (Wildman–Crippen LogP) is 2.40. The van der Waals surface area contributed by atoms with Gasteiger partial charge in [-0.2, -0.15) is 0 Å². The lowest BCUT2D eigenvalue weighted by Crippen LogP contribution is -2.30. The summed E-state index contributed by atoms with van der Waals surface area (Å²) in [6.45, 7) is 2.01. The van der Waals surface area contributed by atoms with Crippen LogP contribution in [0.1, 0.15) is 10.9 Å². The molecule has 15 heavy (non-hydrogen) atoms. The van der Waals surface area contributed by atoms with E-state index in [-0.39, 0.29) is 6.04 Å². The van der Waals surface area contributed by atoms with E-state index in [9.17, 15) is 0 Å². The molecule has 0 aliphatic carbocycles. The van der Waals surface area contributed by atoms with Crippen LogP contribution in [0.3, 0.4) is 0 Å². The quantitative estimate of drug-likeness (QED) is 0.793. The van der Waals surface area contributed by atoms with Crippen LogP contribution in [0.4, 0.5) is 0 Å². The van der Waals surface area contributed by atoms with Crippen LogP contribution in [0.15, 0.2) is 10.5 Å². The SMILES string of the molecule is COCCNC(CN)c1cc(Br)c(Cl)s1. The van der Waals surface area contributed by atoms with Crippen molar-refractivity contribution >= 4 is 38.9 Å². The van der Waals surface area contributed by atoms with Crippen LogP contribution in [-0.2, 0) is 4.74 Å². The summed E-state index contributed by atoms with van der Waals surface area (Å²) in [5, 5.41) is 3.31. The summed E-state index contributed by atoms with van der Waals surface area (Å²) in [7, 11) is 1.68. The van der Waals surface area contributed by atoms with E-state index in [2.05, 4.69) is 21.2 Å². The molecule has 6 heteroatoms. The van der Waals surface area contributed by atoms with Crippen LogP contribution in [0, 0.1) is 0 Å². The van der Waals surface area contributed by atoms with Gasteiger partial charge in [0, 0.05) is 29.5 Å². The lowest BCUT2D eigenvalue weighted by Gasteiger charge is -2.14. The molecule has 1 heterocycles. The van der Waals surface area contributed by atoms with Gasteiger partial charge in [0.05, 0.1) is 12.6 Å². The lowest BCUT2D eigenvalue weighted by molar-refractivity contribution is 0.196. The fourth-order valence-corrected chi connectivity index (χ4v) is 3.00. The molecule has 3 nitrogen and oxygen atoms in total. The average molecular weight is 314 g/mol. The van der Waals surface area contributed by atoms with Crippen LogP contribution in [0.5, 0.6) is 0 Å². The lowest BCUT2D eigenvalue weighted by atomic mass is 10.2. The van der Waals surface area contributed by atoms with Crippen molar-refractivity contribution in [1.82, 2.24) is 5.32 Å². The highest BCUT2D eigenvalue weighted by Gasteiger charge is 2.13. The Morgan fingerprint density at radius 1 is 1.73 bits per heavy atom. The molecule has 0 bridgehead atoms. The Hall–Kier alpha value is 0.350. The first kappa shape index (κ1) is 13.4. The van der Waals surface area contributed by atoms with Crippen LogP contribution in [0.25, 0.3) is 0 Å². The summed E-state index contributed by atoms with van der Waals surface area (Å²) in [5.41, 5.74) is 5.69. The van der Waals surface area contributed by atoms with Crippen LogP contribution in [0.2, 0.25) is 4.34 Å². The molecule has 1 unspecified atom stereocenters. The third-order valence-corrected chi connectivity index (χ3v) is 4.53. The molecule has 86 valence electrons. The zero-order valence-electron chi connectivity index (χ0n) is 8.43. The third kappa shape index (κ3) is 4.01. The molecule has 0 saturated heterocycles. The fraction of sp³-hybridized carbons (Fsp3) is 0.556. The zero-order valence-corrected chi connectivity index (χ0v) is 11.6. The van der Waals surface area contributed by atoms with Crippen LogP contribution >= 0.6 is 38.9 Å². The van der Waals surface area contributed by atoms with Crippen LogP contribution < -0.4 is 11.1 Å². The summed E-state index contributed by atoms with van der Waals surface area (Å²) in [4.78, 5) is 1.14. The van der Waals surface area contributed by atoms with Gasteiger partial charge in [-0.1, -0.05) is 11.6 Å². The monoisotopic (exact) mass is 312 g/mol. The average Bonchev–Trinajstić information content (AvgIpc) is 2.54. The number of nitrogens with one attached hydrogen (secondary N) is 1. The van der Waals surface area contributed by atoms with E-state index in [1.165, 1.54) is 0 Å². The molecule has 1 aromatic heterocycles. The summed E-state index contributed by atoms with van der Waals surface area (Å²) in [5.74, 6) is 0. The molecule has 0 amide bonds. The maximum absolute atomic E-state index is 5.97. The highest BCUT2D eigenvalue weighted by atomic mass is 79.9. The molecule has 1 rings (SSSR count). The standard InChI is InChI=1S/C9H14BrClN2OS/c1-14-3-2-13-7(5-12)8-4-6(10)9(11)15-8/h4,7,13H,2-3,5,12H2,1H3. The maximum Gasteiger partial charge on any atom is 0.107 e. The molecular formula is C9H14BrClN2OS. The Kier molecular flexibility index (Phi) is 6.11. The smallest absolute Gasteiger partial charge is 0.107 e. The van der Waals surface area contributed by atoms with Gasteiger partial charge in [-0.15, -0.1) is 11.3 Å². The fourth-order valence-electron chi connectivity index (χ4n) is 1.17. The van der Waals surface area contributed by atoms with Gasteiger partial charge in [0.2, 0.25) is 0 Å². The van der Waals surface area contributed by atoms with E-state index in [0.29, 0.717) is 13.2 Å². The maximum atomic E-state index is 5.97. The van der Waals surface area contributed by atoms with E-state index in [0.717, 1.165) is 20.2 Å². The van der Waals surface area contributed by atoms with E-state index in [4.69, 9.17) is 22.1 Å². The number of hydrogen-bond acceptors (Lipinski definition) is 4. The number of ether oxygens (including phenoxy) is 1. The van der Waals surface area contributed by atoms with Gasteiger partial charge in [-0.25, -0.2) is 0 Å². The molecule has 0 radical (unpaired) electrons. The van der Waals surface area contributed by atoms with E-state index in [1.54, 1.807) is 18.4 Å². The van der Waals surface area contributed by atoms with Crippen molar-refractivity contribution in [2.45, 2.75) is 6.04 Å². The van der Waals surface area contributed by atoms with Crippen molar-refractivity contribution in [3.63, 3.8) is 0 Å². The molecule has 0 spiro atoms. The molecule has 0 aliphatic rings. The van der Waals surface area contributed by atoms with Crippen molar-refractivity contribution in [2.75, 3.05) is 26.8 Å². The highest BCUT2D eigenvalue weighted by molar-refractivity contribution is 9.10. The molecule has 1 aromatic rings. The van der Waals surface area contributed by atoms with Gasteiger partial charge < -0.3 is 15.8 Å². The highest BCUT2D eigenvalue weighted by Crippen LogP contribution is 2.34. The number of halogens is 2. The van der Waals surface area contributed by atoms with E-state index in [1.807, 2.05) is 6.07 Å². The van der Waals surface area contributed by atoms with Crippen molar-refractivity contribution in [3.8, 4) is 0 Å². The Bertz CT molecular complexity index is 289. The first-order valence-electron chi connectivity index (χ1n) is 4.56. The number of thiophene rings is 1. The zero-order chi connectivity index (χ0) is 11.3. The van der Waals surface area contributed by atoms with Crippen molar-refractivity contribution < 1.29 is 4.74 Å². The number of nitrogens with two attached hydrogens (primary N) is 1. The van der Waals surface area contributed by atoms with Crippen LogP contribution in [-0.4, -0.2) is 26.8 Å². The first-order chi connectivity index (χ1) is 7.19. The summed E-state index contributed by atoms with van der Waals surface area (Å²) in [6, 6.07) is 2.15. The number of rotatable bonds is 6. The molecule has 0 saturated carbocycles. The normalized spacial score (nSPS) is 13.1. The Morgan fingerprint density at radius 2 is 2.47 bits per heavy atom. The van der Waals surface area contributed by atoms with Gasteiger partial charge in [0.1, 0.15) is 4.34 Å². The molecule has 0 aromatic carbocycles. The summed E-state index contributed by atoms with van der Waals surface area (Å²) >= 11 is 10.9. The first-order valence-corrected chi connectivity index (χ1v) is 6.55. The Morgan fingerprint density at radius 3 is 2.93 bits per heavy atom. The van der Waals surface area contributed by atoms with Gasteiger partial charge in [-0.3, -0.25) is 0 Å². The minimum absolute atomic E-state index is 0.147. The third-order valence-electron chi connectivity index (χ3n) is 1.94. The largest absolute Gasteiger partial charge is 0.383 e. The minimum Gasteiger partial charge on any atom is -0.383 e. The summed E-state index contributed by atoms with van der Waals surface area (Å²) in [6.07, 6.45) is 0. The molecule has 1 atom stereocenters. The van der Waals surface area contributed by atoms with E-state index < -0.39 is 0 Å². The predicted molar refractivity (Wildman–Crippen MR) is 68.7 cm³/mol. The topological polar surface area (TPSA) is 47.3 Å². The van der Waals surface area contributed by atoms with Gasteiger partial charge in [0.15, 0.2) is 0 Å². The Labute approximate surface area is 107 Å². The number of hydrogen-bond donors (Lipinski definition) is 2. The number of methoxy groups -OCH3 is 1. The van der Waals surface area contributed by atoms with Crippen molar-refractivity contribution in [3.05, 3.63) is 19.8 Å². The molecule has 0 fully saturated rings. The van der Waals surface area contributed by atoms with Gasteiger partial charge in [0.25, 0.3) is 0 Å². The summed E-state index contributed by atoms with van der Waals surface area (Å²) < 4.78 is 6.65. The molecular weight excluding hydrogens is 300 g/mol. The second kappa shape index (κ2) is 6.83. The minimum atomic E-state index is 0.147. The van der Waals surface area contributed by atoms with Gasteiger partial charge in [-0.05, 0) is 22.0 Å². The van der Waals surface area contributed by atoms with Crippen molar-refractivity contribution in [1.29, 1.82) is 0 Å². The second-order valence-corrected chi connectivity index (χ2v) is 5.55. The van der Waals surface area contributed by atoms with Gasteiger partial charge >= 0.3 is 0 Å². The second-order valence-electron chi connectivity index (χ2n) is 3.01.